The maximum absolute atomic E-state index is 11.8. The van der Waals surface area contributed by atoms with Gasteiger partial charge in [-0.3, -0.25) is 4.79 Å². The fraction of sp³-hybridized carbons (Fsp3) is 0. The third kappa shape index (κ3) is 4.05. The number of nitrogens with one attached hydrogen (secondary N) is 1. The average Bonchev–Trinajstić information content (AvgIpc) is 2.38. The predicted molar refractivity (Wildman–Crippen MR) is 75.8 cm³/mol. The van der Waals surface area contributed by atoms with Gasteiger partial charge in [0.15, 0.2) is 0 Å². The van der Waals surface area contributed by atoms with Crippen LogP contribution in [0.15, 0.2) is 47.6 Å². The largest absolute Gasteiger partial charge is 0.271 e. The zero-order valence-electron chi connectivity index (χ0n) is 9.68. The summed E-state index contributed by atoms with van der Waals surface area (Å²) in [6, 6.07) is 12.2. The number of hydrazone groups is 1. The molecular weight excluding hydrogens is 285 g/mol. The van der Waals surface area contributed by atoms with Crippen LogP contribution in [0.25, 0.3) is 0 Å². The second kappa shape index (κ2) is 6.31. The summed E-state index contributed by atoms with van der Waals surface area (Å²) in [6.07, 6.45) is 1.54. The maximum Gasteiger partial charge on any atom is 0.271 e. The number of carbonyl (C=O) groups excluding carboxylic acids is 1. The molecule has 19 heavy (non-hydrogen) atoms. The van der Waals surface area contributed by atoms with Gasteiger partial charge in [0.05, 0.1) is 6.21 Å². The van der Waals surface area contributed by atoms with Crippen LogP contribution in [0.1, 0.15) is 15.9 Å². The Hall–Kier alpha value is -1.91. The Morgan fingerprint density at radius 2 is 1.79 bits per heavy atom. The van der Waals surface area contributed by atoms with Crippen LogP contribution >= 0.6 is 23.2 Å². The lowest BCUT2D eigenvalue weighted by Crippen LogP contribution is -2.17. The minimum absolute atomic E-state index is 0.157. The summed E-state index contributed by atoms with van der Waals surface area (Å²) < 4.78 is 0. The average molecular weight is 294 g/mol. The molecule has 2 aromatic rings. The molecule has 4 nitrogen and oxygen atoms in total. The monoisotopic (exact) mass is 293 g/mol. The van der Waals surface area contributed by atoms with Crippen molar-refractivity contribution in [1.29, 1.82) is 0 Å². The molecule has 0 saturated carbocycles. The van der Waals surface area contributed by atoms with Crippen molar-refractivity contribution in [2.45, 2.75) is 0 Å². The summed E-state index contributed by atoms with van der Waals surface area (Å²) >= 11 is 11.4. The van der Waals surface area contributed by atoms with E-state index in [1.54, 1.807) is 6.21 Å². The van der Waals surface area contributed by atoms with Gasteiger partial charge in [0.25, 0.3) is 5.91 Å². The van der Waals surface area contributed by atoms with E-state index in [1.807, 2.05) is 30.3 Å². The highest BCUT2D eigenvalue weighted by Gasteiger charge is 2.07. The lowest BCUT2D eigenvalue weighted by molar-refractivity contribution is 0.0955. The van der Waals surface area contributed by atoms with E-state index in [4.69, 9.17) is 23.2 Å². The van der Waals surface area contributed by atoms with Gasteiger partial charge >= 0.3 is 0 Å². The van der Waals surface area contributed by atoms with Crippen molar-refractivity contribution in [2.24, 2.45) is 5.10 Å². The second-order valence-electron chi connectivity index (χ2n) is 3.61. The Morgan fingerprint density at radius 1 is 1.16 bits per heavy atom. The van der Waals surface area contributed by atoms with Crippen LogP contribution < -0.4 is 5.43 Å². The zero-order chi connectivity index (χ0) is 13.7. The lowest BCUT2D eigenvalue weighted by Gasteiger charge is -2.01. The number of hydrogen-bond acceptors (Lipinski definition) is 3. The zero-order valence-corrected chi connectivity index (χ0v) is 11.2. The number of carbonyl (C=O) groups is 1. The Kier molecular flexibility index (Phi) is 4.49. The Bertz CT molecular complexity index is 594. The van der Waals surface area contributed by atoms with Crippen LogP contribution in [0, 0.1) is 0 Å². The Balaban J connectivity index is 2.03. The molecular formula is C13H9Cl2N3O. The van der Waals surface area contributed by atoms with Gasteiger partial charge in [0, 0.05) is 5.56 Å². The molecule has 0 aliphatic carbocycles. The summed E-state index contributed by atoms with van der Waals surface area (Å²) in [7, 11) is 0. The fourth-order valence-corrected chi connectivity index (χ4v) is 1.83. The first-order valence-electron chi connectivity index (χ1n) is 5.37. The van der Waals surface area contributed by atoms with Crippen LogP contribution in [0.3, 0.4) is 0 Å². The molecule has 1 heterocycles. The van der Waals surface area contributed by atoms with Crippen molar-refractivity contribution in [1.82, 2.24) is 10.4 Å². The van der Waals surface area contributed by atoms with Crippen LogP contribution in [-0.4, -0.2) is 17.1 Å². The van der Waals surface area contributed by atoms with E-state index in [0.717, 1.165) is 5.56 Å². The molecule has 1 amide bonds. The number of amides is 1. The van der Waals surface area contributed by atoms with Gasteiger partial charge in [-0.2, -0.15) is 5.10 Å². The molecule has 0 spiro atoms. The molecule has 0 atom stereocenters. The highest BCUT2D eigenvalue weighted by atomic mass is 35.5. The van der Waals surface area contributed by atoms with E-state index in [1.165, 1.54) is 12.1 Å². The Labute approximate surface area is 120 Å². The number of benzene rings is 1. The van der Waals surface area contributed by atoms with Crippen molar-refractivity contribution in [3.8, 4) is 0 Å². The molecule has 0 radical (unpaired) electrons. The minimum Gasteiger partial charge on any atom is -0.267 e. The first kappa shape index (κ1) is 13.5. The highest BCUT2D eigenvalue weighted by Crippen LogP contribution is 2.14. The topological polar surface area (TPSA) is 54.4 Å². The fourth-order valence-electron chi connectivity index (χ4n) is 1.37. The van der Waals surface area contributed by atoms with Crippen molar-refractivity contribution >= 4 is 35.3 Å². The van der Waals surface area contributed by atoms with Gasteiger partial charge in [-0.1, -0.05) is 53.5 Å². The molecule has 96 valence electrons. The third-order valence-electron chi connectivity index (χ3n) is 2.20. The van der Waals surface area contributed by atoms with E-state index in [-0.39, 0.29) is 10.3 Å². The lowest BCUT2D eigenvalue weighted by atomic mass is 10.2. The van der Waals surface area contributed by atoms with Crippen molar-refractivity contribution in [2.75, 3.05) is 0 Å². The van der Waals surface area contributed by atoms with Crippen LogP contribution in [0.4, 0.5) is 0 Å². The molecule has 1 aromatic carbocycles. The molecule has 0 aliphatic rings. The standard InChI is InChI=1S/C13H9Cl2N3O/c14-11-6-10(7-12(15)17-11)13(19)18-16-8-9-4-2-1-3-5-9/h1-8H,(H,18,19)/b16-8+. The molecule has 0 unspecified atom stereocenters. The SMILES string of the molecule is O=C(N/N=C/c1ccccc1)c1cc(Cl)nc(Cl)c1. The summed E-state index contributed by atoms with van der Waals surface area (Å²) in [6.45, 7) is 0. The summed E-state index contributed by atoms with van der Waals surface area (Å²) in [5.41, 5.74) is 3.57. The van der Waals surface area contributed by atoms with E-state index < -0.39 is 5.91 Å². The molecule has 0 aliphatic heterocycles. The molecule has 0 fully saturated rings. The first-order chi connectivity index (χ1) is 9.15. The predicted octanol–water partition coefficient (Wildman–Crippen LogP) is 3.15. The number of pyridine rings is 1. The van der Waals surface area contributed by atoms with Crippen molar-refractivity contribution in [3.05, 3.63) is 63.9 Å². The number of halogens is 2. The maximum atomic E-state index is 11.8. The quantitative estimate of drug-likeness (QED) is 0.537. The van der Waals surface area contributed by atoms with Crippen LogP contribution in [0.5, 0.6) is 0 Å². The summed E-state index contributed by atoms with van der Waals surface area (Å²) in [4.78, 5) is 15.5. The van der Waals surface area contributed by atoms with Gasteiger partial charge in [-0.15, -0.1) is 0 Å². The molecule has 1 aromatic heterocycles. The van der Waals surface area contributed by atoms with Gasteiger partial charge in [0.1, 0.15) is 10.3 Å². The minimum atomic E-state index is -0.404. The smallest absolute Gasteiger partial charge is 0.267 e. The molecule has 0 saturated heterocycles. The number of nitrogens with zero attached hydrogens (tertiary/aromatic N) is 2. The molecule has 2 rings (SSSR count). The van der Waals surface area contributed by atoms with Gasteiger partial charge in [0.2, 0.25) is 0 Å². The van der Waals surface area contributed by atoms with Gasteiger partial charge in [-0.25, -0.2) is 10.4 Å². The number of hydrogen-bond donors (Lipinski definition) is 1. The van der Waals surface area contributed by atoms with Crippen LogP contribution in [-0.2, 0) is 0 Å². The van der Waals surface area contributed by atoms with Crippen LogP contribution in [0.2, 0.25) is 10.3 Å². The molecule has 0 bridgehead atoms. The Morgan fingerprint density at radius 3 is 2.42 bits per heavy atom. The van der Waals surface area contributed by atoms with E-state index in [9.17, 15) is 4.79 Å². The normalized spacial score (nSPS) is 10.6. The van der Waals surface area contributed by atoms with Crippen molar-refractivity contribution < 1.29 is 4.79 Å². The number of rotatable bonds is 3. The summed E-state index contributed by atoms with van der Waals surface area (Å²) in [5.74, 6) is -0.404. The van der Waals surface area contributed by atoms with E-state index in [2.05, 4.69) is 15.5 Å². The molecule has 1 N–H and O–H groups in total. The van der Waals surface area contributed by atoms with E-state index in [0.29, 0.717) is 5.56 Å². The third-order valence-corrected chi connectivity index (χ3v) is 2.59. The summed E-state index contributed by atoms with van der Waals surface area (Å²) in [5, 5.41) is 4.16. The highest BCUT2D eigenvalue weighted by molar-refractivity contribution is 6.33. The van der Waals surface area contributed by atoms with E-state index >= 15 is 0 Å². The van der Waals surface area contributed by atoms with Gasteiger partial charge in [-0.05, 0) is 17.7 Å². The van der Waals surface area contributed by atoms with Crippen molar-refractivity contribution in [3.63, 3.8) is 0 Å². The first-order valence-corrected chi connectivity index (χ1v) is 6.12. The number of aromatic nitrogens is 1. The van der Waals surface area contributed by atoms with Gasteiger partial charge < -0.3 is 0 Å². The second-order valence-corrected chi connectivity index (χ2v) is 4.39. The molecule has 6 heteroatoms.